The lowest BCUT2D eigenvalue weighted by molar-refractivity contribution is -0.161. The number of fused-ring (bicyclic) bond motifs is 1. The third kappa shape index (κ3) is 9.48. The van der Waals surface area contributed by atoms with Crippen LogP contribution in [0.25, 0.3) is 0 Å². The number of hydrogen-bond acceptors (Lipinski definition) is 9. The number of nitrogens with zero attached hydrogens (tertiary/aromatic N) is 1. The highest BCUT2D eigenvalue weighted by Crippen LogP contribution is 2.33. The summed E-state index contributed by atoms with van der Waals surface area (Å²) < 4.78 is 45.9. The topological polar surface area (TPSA) is 114 Å². The van der Waals surface area contributed by atoms with Crippen molar-refractivity contribution in [1.82, 2.24) is 13.7 Å². The third-order valence-electron chi connectivity index (χ3n) is 6.83. The van der Waals surface area contributed by atoms with Gasteiger partial charge in [-0.3, -0.25) is 13.9 Å². The molecule has 0 spiro atoms. The fourth-order valence-corrected chi connectivity index (χ4v) is 6.92. The lowest BCUT2D eigenvalue weighted by atomic mass is 9.90. The Morgan fingerprint density at radius 2 is 1.73 bits per heavy atom. The number of Topliss-reactive ketones (excluding diaryl/α,β-unsaturated/α-hetero) is 1. The van der Waals surface area contributed by atoms with Crippen molar-refractivity contribution in [3.05, 3.63) is 101 Å². The van der Waals surface area contributed by atoms with Crippen LogP contribution in [-0.2, 0) is 37.4 Å². The summed E-state index contributed by atoms with van der Waals surface area (Å²) in [4.78, 5) is 27.2. The van der Waals surface area contributed by atoms with Crippen LogP contribution in [0.15, 0.2) is 89.8 Å². The number of nitrogens with one attached hydrogen (secondary N) is 2. The number of rotatable bonds is 14. The molecule has 0 saturated heterocycles. The third-order valence-corrected chi connectivity index (χ3v) is 9.09. The van der Waals surface area contributed by atoms with Gasteiger partial charge in [-0.1, -0.05) is 56.3 Å². The van der Waals surface area contributed by atoms with Crippen molar-refractivity contribution in [2.24, 2.45) is 11.8 Å². The molecule has 9 nitrogen and oxygen atoms in total. The quantitative estimate of drug-likeness (QED) is 0.196. The molecule has 2 aliphatic heterocycles. The van der Waals surface area contributed by atoms with Gasteiger partial charge in [0.2, 0.25) is 10.0 Å². The highest BCUT2D eigenvalue weighted by atomic mass is 32.2. The second kappa shape index (κ2) is 14.5. The van der Waals surface area contributed by atoms with E-state index < -0.39 is 33.6 Å². The molecule has 0 aromatic heterocycles. The predicted octanol–water partition coefficient (Wildman–Crippen LogP) is 5.78. The van der Waals surface area contributed by atoms with Crippen LogP contribution in [0.4, 0.5) is 0 Å². The van der Waals surface area contributed by atoms with Gasteiger partial charge < -0.3 is 14.2 Å². The van der Waals surface area contributed by atoms with Crippen molar-refractivity contribution in [2.75, 3.05) is 0 Å². The van der Waals surface area contributed by atoms with Gasteiger partial charge in [0.1, 0.15) is 22.9 Å². The normalized spacial score (nSPS) is 16.0. The van der Waals surface area contributed by atoms with Gasteiger partial charge in [-0.2, -0.15) is 0 Å². The van der Waals surface area contributed by atoms with E-state index in [1.54, 1.807) is 43.6 Å². The molecule has 2 aromatic carbocycles. The molecule has 2 aliphatic rings. The molecule has 0 unspecified atom stereocenters. The Morgan fingerprint density at radius 1 is 1.02 bits per heavy atom. The Bertz CT molecular complexity index is 1510. The molecule has 0 amide bonds. The molecule has 0 aliphatic carbocycles. The zero-order valence-electron chi connectivity index (χ0n) is 25.8. The minimum absolute atomic E-state index is 0.0229. The molecule has 0 saturated carbocycles. The molecule has 2 atom stereocenters. The lowest BCUT2D eigenvalue weighted by Gasteiger charge is -2.26. The van der Waals surface area contributed by atoms with Gasteiger partial charge >= 0.3 is 5.97 Å². The van der Waals surface area contributed by atoms with Gasteiger partial charge in [-0.15, -0.1) is 0 Å². The van der Waals surface area contributed by atoms with E-state index in [0.717, 1.165) is 11.1 Å². The average molecular weight is 640 g/mol. The summed E-state index contributed by atoms with van der Waals surface area (Å²) in [5.74, 6) is -0.962. The average Bonchev–Trinajstić information content (AvgIpc) is 3.44. The van der Waals surface area contributed by atoms with E-state index in [9.17, 15) is 18.0 Å². The molecule has 2 heterocycles. The SMILES string of the molecule is CC(C)C[C@H](NS(=O)(=O)C1=CC=CN2SNC=C12)C(=O)C[C@H](Cc1ccc(OCc2ccccc2)cc1)C(=O)OC(C)(C)C. The van der Waals surface area contributed by atoms with E-state index in [1.165, 1.54) is 18.2 Å². The summed E-state index contributed by atoms with van der Waals surface area (Å²) >= 11 is 1.25. The molecule has 11 heteroatoms. The summed E-state index contributed by atoms with van der Waals surface area (Å²) in [6.07, 6.45) is 6.86. The largest absolute Gasteiger partial charge is 0.489 e. The number of carbonyl (C=O) groups is 2. The van der Waals surface area contributed by atoms with E-state index in [1.807, 2.05) is 68.4 Å². The van der Waals surface area contributed by atoms with Crippen molar-refractivity contribution < 1.29 is 27.5 Å². The monoisotopic (exact) mass is 639 g/mol. The zero-order chi connectivity index (χ0) is 31.9. The maximum atomic E-state index is 13.8. The highest BCUT2D eigenvalue weighted by Gasteiger charge is 2.35. The summed E-state index contributed by atoms with van der Waals surface area (Å²) in [5, 5.41) is 0. The number of benzene rings is 2. The first-order chi connectivity index (χ1) is 20.8. The van der Waals surface area contributed by atoms with Crippen molar-refractivity contribution in [3.8, 4) is 5.75 Å². The van der Waals surface area contributed by atoms with Crippen molar-refractivity contribution in [2.45, 2.75) is 72.1 Å². The minimum atomic E-state index is -4.06. The number of esters is 1. The van der Waals surface area contributed by atoms with Crippen LogP contribution in [0.3, 0.4) is 0 Å². The highest BCUT2D eigenvalue weighted by molar-refractivity contribution is 7.96. The van der Waals surface area contributed by atoms with Gasteiger partial charge in [0.05, 0.1) is 29.8 Å². The molecule has 2 N–H and O–H groups in total. The van der Waals surface area contributed by atoms with Gasteiger partial charge in [-0.25, -0.2) is 13.1 Å². The van der Waals surface area contributed by atoms with Crippen molar-refractivity contribution >= 4 is 33.9 Å². The van der Waals surface area contributed by atoms with Crippen LogP contribution < -0.4 is 14.2 Å². The molecule has 236 valence electrons. The summed E-state index contributed by atoms with van der Waals surface area (Å²) in [5.41, 5.74) is 1.61. The first kappa shape index (κ1) is 33.4. The Balaban J connectivity index is 1.49. The smallest absolute Gasteiger partial charge is 0.310 e. The number of ketones is 1. The van der Waals surface area contributed by atoms with Crippen molar-refractivity contribution in [3.63, 3.8) is 0 Å². The van der Waals surface area contributed by atoms with E-state index in [-0.39, 0.29) is 35.9 Å². The number of sulfonamides is 1. The Labute approximate surface area is 265 Å². The fraction of sp³-hybridized carbons (Fsp3) is 0.394. The standard InChI is InChI=1S/C33H41N3O6S2/c1-23(2)18-28(35-44(39,40)31-12-9-17-36-29(31)21-34-43-36)30(37)20-26(32(38)42-33(3,4)5)19-24-13-15-27(16-14-24)41-22-25-10-7-6-8-11-25/h6-17,21,23,26,28,34-35H,18-20,22H2,1-5H3/t26-,28-/m0/s1. The predicted molar refractivity (Wildman–Crippen MR) is 173 cm³/mol. The molecule has 44 heavy (non-hydrogen) atoms. The van der Waals surface area contributed by atoms with Gasteiger partial charge in [-0.05, 0) is 74.9 Å². The first-order valence-corrected chi connectivity index (χ1v) is 16.9. The molecule has 0 fully saturated rings. The first-order valence-electron chi connectivity index (χ1n) is 14.6. The second-order valence-electron chi connectivity index (χ2n) is 12.3. The maximum absolute atomic E-state index is 13.8. The number of carbonyl (C=O) groups excluding carboxylic acids is 2. The van der Waals surface area contributed by atoms with E-state index in [0.29, 0.717) is 18.1 Å². The van der Waals surface area contributed by atoms with Gasteiger partial charge in [0.25, 0.3) is 0 Å². The number of allylic oxidation sites excluding steroid dienone is 2. The Kier molecular flexibility index (Phi) is 11.0. The van der Waals surface area contributed by atoms with Gasteiger partial charge in [0.15, 0.2) is 5.78 Å². The molecule has 4 rings (SSSR count). The summed E-state index contributed by atoms with van der Waals surface area (Å²) in [6.45, 7) is 9.61. The van der Waals surface area contributed by atoms with Crippen LogP contribution >= 0.6 is 12.1 Å². The molecular weight excluding hydrogens is 599 g/mol. The number of ether oxygens (including phenoxy) is 2. The molecule has 2 aromatic rings. The molecule has 0 bridgehead atoms. The zero-order valence-corrected chi connectivity index (χ0v) is 27.4. The maximum Gasteiger partial charge on any atom is 0.310 e. The van der Waals surface area contributed by atoms with E-state index >= 15 is 0 Å². The van der Waals surface area contributed by atoms with Crippen molar-refractivity contribution in [1.29, 1.82) is 0 Å². The van der Waals surface area contributed by atoms with Gasteiger partial charge in [0, 0.05) is 18.8 Å². The lowest BCUT2D eigenvalue weighted by Crippen LogP contribution is -2.44. The minimum Gasteiger partial charge on any atom is -0.489 e. The van der Waals surface area contributed by atoms with Crippen LogP contribution in [0.1, 0.15) is 58.6 Å². The van der Waals surface area contributed by atoms with Crippen LogP contribution in [0, 0.1) is 11.8 Å². The summed E-state index contributed by atoms with van der Waals surface area (Å²) in [7, 11) is -4.06. The van der Waals surface area contributed by atoms with Crippen LogP contribution in [0.5, 0.6) is 5.75 Å². The Morgan fingerprint density at radius 3 is 2.39 bits per heavy atom. The second-order valence-corrected chi connectivity index (χ2v) is 14.8. The summed E-state index contributed by atoms with van der Waals surface area (Å²) in [6, 6.07) is 16.2. The number of hydrogen-bond donors (Lipinski definition) is 2. The molecule has 0 radical (unpaired) electrons. The van der Waals surface area contributed by atoms with Crippen LogP contribution in [0.2, 0.25) is 0 Å². The molecular formula is C33H41N3O6S2. The van der Waals surface area contributed by atoms with E-state index in [2.05, 4.69) is 9.44 Å². The van der Waals surface area contributed by atoms with E-state index in [4.69, 9.17) is 9.47 Å². The fourth-order valence-electron chi connectivity index (χ4n) is 4.79. The Hall–Kier alpha value is -3.54. The van der Waals surface area contributed by atoms with Crippen LogP contribution in [-0.4, -0.2) is 36.1 Å².